The number of amides is 1. The summed E-state index contributed by atoms with van der Waals surface area (Å²) in [6.07, 6.45) is 108. The molecule has 0 fully saturated rings. The standard InChI is InChI=1S/C87H167NO5/c1-3-5-7-9-11-13-15-17-19-21-23-24-25-37-40-44-47-51-55-59-63-67-71-75-79-85(90)84(83-89)88-86(91)80-76-72-68-64-60-56-52-48-45-41-38-35-33-31-29-27-26-28-30-32-34-36-39-42-46-50-54-58-62-66-70-74-78-82-93-87(92)81-77-73-69-65-61-57-53-49-43-22-20-18-16-14-12-10-8-6-4-2/h18,20,30,32,36,39,84-85,89-90H,3-17,19,21-29,31,33-35,37-38,40-83H2,1-2H3,(H,88,91)/b20-18-,32-30-,39-36-. The van der Waals surface area contributed by atoms with Crippen molar-refractivity contribution in [1.29, 1.82) is 0 Å². The van der Waals surface area contributed by atoms with Crippen LogP contribution in [-0.4, -0.2) is 47.4 Å². The van der Waals surface area contributed by atoms with Gasteiger partial charge in [-0.3, -0.25) is 9.59 Å². The lowest BCUT2D eigenvalue weighted by molar-refractivity contribution is -0.143. The van der Waals surface area contributed by atoms with E-state index in [0.29, 0.717) is 25.9 Å². The molecule has 0 aromatic carbocycles. The number of allylic oxidation sites excluding steroid dienone is 6. The van der Waals surface area contributed by atoms with Crippen LogP contribution in [0.4, 0.5) is 0 Å². The summed E-state index contributed by atoms with van der Waals surface area (Å²) in [5, 5.41) is 23.5. The maximum absolute atomic E-state index is 12.6. The van der Waals surface area contributed by atoms with Gasteiger partial charge in [0.1, 0.15) is 0 Å². The first kappa shape index (κ1) is 91.1. The first-order valence-electron chi connectivity index (χ1n) is 42.7. The number of nitrogens with one attached hydrogen (secondary N) is 1. The van der Waals surface area contributed by atoms with Gasteiger partial charge in [0.15, 0.2) is 0 Å². The third kappa shape index (κ3) is 79.0. The Labute approximate surface area is 583 Å². The minimum atomic E-state index is -0.665. The lowest BCUT2D eigenvalue weighted by atomic mass is 10.0. The predicted octanol–water partition coefficient (Wildman–Crippen LogP) is 28.6. The summed E-state index contributed by atoms with van der Waals surface area (Å²) < 4.78 is 5.51. The molecule has 0 saturated carbocycles. The van der Waals surface area contributed by atoms with Gasteiger partial charge in [-0.1, -0.05) is 423 Å². The number of rotatable bonds is 81. The molecule has 0 radical (unpaired) electrons. The third-order valence-corrected chi connectivity index (χ3v) is 20.2. The molecule has 0 bridgehead atoms. The molecule has 3 N–H and O–H groups in total. The molecule has 2 unspecified atom stereocenters. The van der Waals surface area contributed by atoms with Crippen molar-refractivity contribution in [3.63, 3.8) is 0 Å². The monoisotopic (exact) mass is 1310 g/mol. The van der Waals surface area contributed by atoms with Gasteiger partial charge >= 0.3 is 5.97 Å². The van der Waals surface area contributed by atoms with Crippen LogP contribution in [0, 0.1) is 0 Å². The van der Waals surface area contributed by atoms with Crippen LogP contribution in [0.1, 0.15) is 483 Å². The van der Waals surface area contributed by atoms with Crippen LogP contribution in [0.2, 0.25) is 0 Å². The van der Waals surface area contributed by atoms with Crippen LogP contribution in [0.25, 0.3) is 0 Å². The van der Waals surface area contributed by atoms with Crippen molar-refractivity contribution >= 4 is 11.9 Å². The van der Waals surface area contributed by atoms with Gasteiger partial charge in [0, 0.05) is 12.8 Å². The first-order chi connectivity index (χ1) is 46.0. The van der Waals surface area contributed by atoms with Crippen LogP contribution in [-0.2, 0) is 14.3 Å². The Hall–Kier alpha value is -1.92. The SMILES string of the molecule is CCCCCCCC/C=C\CCCCCCCCCCCC(=O)OCCCCCCCCCCC/C=C\C/C=C\CCCCCCCCCCCCCCCCCCCC(=O)NC(CO)C(O)CCCCCCCCCCCCCCCCCCCCCCCCCC. The van der Waals surface area contributed by atoms with Gasteiger partial charge < -0.3 is 20.3 Å². The van der Waals surface area contributed by atoms with Gasteiger partial charge in [-0.15, -0.1) is 0 Å². The molecule has 6 nitrogen and oxygen atoms in total. The van der Waals surface area contributed by atoms with E-state index >= 15 is 0 Å². The Kier molecular flexibility index (Phi) is 80.8. The van der Waals surface area contributed by atoms with Gasteiger partial charge in [-0.05, 0) is 83.5 Å². The number of hydrogen-bond donors (Lipinski definition) is 3. The van der Waals surface area contributed by atoms with E-state index in [9.17, 15) is 19.8 Å². The molecule has 0 aromatic heterocycles. The average molecular weight is 1310 g/mol. The van der Waals surface area contributed by atoms with Crippen molar-refractivity contribution in [2.45, 2.75) is 495 Å². The van der Waals surface area contributed by atoms with Gasteiger partial charge in [-0.2, -0.15) is 0 Å². The van der Waals surface area contributed by atoms with E-state index in [1.807, 2.05) is 0 Å². The van der Waals surface area contributed by atoms with Gasteiger partial charge in [-0.25, -0.2) is 0 Å². The highest BCUT2D eigenvalue weighted by atomic mass is 16.5. The molecular weight excluding hydrogens is 1140 g/mol. The maximum atomic E-state index is 12.6. The zero-order valence-corrected chi connectivity index (χ0v) is 63.3. The highest BCUT2D eigenvalue weighted by Crippen LogP contribution is 2.20. The van der Waals surface area contributed by atoms with Gasteiger partial charge in [0.2, 0.25) is 5.91 Å². The molecule has 550 valence electrons. The van der Waals surface area contributed by atoms with Crippen molar-refractivity contribution in [3.05, 3.63) is 36.5 Å². The Balaban J connectivity index is 3.37. The summed E-state index contributed by atoms with van der Waals surface area (Å²) in [5.41, 5.74) is 0. The summed E-state index contributed by atoms with van der Waals surface area (Å²) in [4.78, 5) is 24.7. The summed E-state index contributed by atoms with van der Waals surface area (Å²) in [6.45, 7) is 5.00. The fourth-order valence-electron chi connectivity index (χ4n) is 13.7. The number of esters is 1. The molecule has 93 heavy (non-hydrogen) atoms. The molecule has 1 amide bonds. The van der Waals surface area contributed by atoms with E-state index in [2.05, 4.69) is 55.6 Å². The zero-order chi connectivity index (χ0) is 67.0. The highest BCUT2D eigenvalue weighted by Gasteiger charge is 2.20. The lowest BCUT2D eigenvalue weighted by Crippen LogP contribution is -2.45. The molecule has 0 aliphatic rings. The molecule has 0 saturated heterocycles. The lowest BCUT2D eigenvalue weighted by Gasteiger charge is -2.22. The van der Waals surface area contributed by atoms with Crippen molar-refractivity contribution in [3.8, 4) is 0 Å². The topological polar surface area (TPSA) is 95.9 Å². The Morgan fingerprint density at radius 3 is 0.828 bits per heavy atom. The van der Waals surface area contributed by atoms with Crippen LogP contribution >= 0.6 is 0 Å². The summed E-state index contributed by atoms with van der Waals surface area (Å²) in [5.74, 6) is -0.0124. The number of aliphatic hydroxyl groups excluding tert-OH is 2. The molecule has 0 aromatic rings. The molecule has 2 atom stereocenters. The van der Waals surface area contributed by atoms with E-state index in [-0.39, 0.29) is 18.5 Å². The largest absolute Gasteiger partial charge is 0.466 e. The Morgan fingerprint density at radius 2 is 0.538 bits per heavy atom. The average Bonchev–Trinajstić information content (AvgIpc) is 3.78. The fraction of sp³-hybridized carbons (Fsp3) is 0.908. The van der Waals surface area contributed by atoms with Crippen LogP contribution in [0.15, 0.2) is 36.5 Å². The van der Waals surface area contributed by atoms with Crippen LogP contribution < -0.4 is 5.32 Å². The number of hydrogen-bond acceptors (Lipinski definition) is 5. The smallest absolute Gasteiger partial charge is 0.305 e. The fourth-order valence-corrected chi connectivity index (χ4v) is 13.7. The van der Waals surface area contributed by atoms with Crippen molar-refractivity contribution in [2.75, 3.05) is 13.2 Å². The Morgan fingerprint density at radius 1 is 0.301 bits per heavy atom. The number of ether oxygens (including phenoxy) is 1. The molecule has 0 spiro atoms. The molecule has 0 rings (SSSR count). The molecule has 0 aliphatic carbocycles. The second-order valence-corrected chi connectivity index (χ2v) is 29.5. The second kappa shape index (κ2) is 82.5. The molecule has 0 heterocycles. The maximum Gasteiger partial charge on any atom is 0.305 e. The van der Waals surface area contributed by atoms with Crippen LogP contribution in [0.5, 0.6) is 0 Å². The van der Waals surface area contributed by atoms with E-state index in [0.717, 1.165) is 44.9 Å². The van der Waals surface area contributed by atoms with E-state index in [1.165, 1.54) is 405 Å². The second-order valence-electron chi connectivity index (χ2n) is 29.5. The summed E-state index contributed by atoms with van der Waals surface area (Å²) in [7, 11) is 0. The molecular formula is C87H167NO5. The predicted molar refractivity (Wildman–Crippen MR) is 412 cm³/mol. The number of carbonyl (C=O) groups excluding carboxylic acids is 2. The van der Waals surface area contributed by atoms with Gasteiger partial charge in [0.25, 0.3) is 0 Å². The van der Waals surface area contributed by atoms with Crippen molar-refractivity contribution in [2.24, 2.45) is 0 Å². The molecule has 6 heteroatoms. The zero-order valence-electron chi connectivity index (χ0n) is 63.3. The Bertz CT molecular complexity index is 1510. The van der Waals surface area contributed by atoms with Crippen molar-refractivity contribution < 1.29 is 24.5 Å². The highest BCUT2D eigenvalue weighted by molar-refractivity contribution is 5.76. The number of unbranched alkanes of at least 4 members (excludes halogenated alkanes) is 64. The van der Waals surface area contributed by atoms with Crippen molar-refractivity contribution in [1.82, 2.24) is 5.32 Å². The summed E-state index contributed by atoms with van der Waals surface area (Å²) >= 11 is 0. The molecule has 0 aliphatic heterocycles. The number of carbonyl (C=O) groups is 2. The first-order valence-corrected chi connectivity index (χ1v) is 42.7. The number of aliphatic hydroxyl groups is 2. The van der Waals surface area contributed by atoms with Gasteiger partial charge in [0.05, 0.1) is 25.4 Å². The van der Waals surface area contributed by atoms with E-state index in [4.69, 9.17) is 4.74 Å². The van der Waals surface area contributed by atoms with E-state index in [1.54, 1.807) is 0 Å². The van der Waals surface area contributed by atoms with E-state index < -0.39 is 12.1 Å². The van der Waals surface area contributed by atoms with Crippen LogP contribution in [0.3, 0.4) is 0 Å². The minimum Gasteiger partial charge on any atom is -0.466 e. The normalized spacial score (nSPS) is 12.6. The quantitative estimate of drug-likeness (QED) is 0.0320. The third-order valence-electron chi connectivity index (χ3n) is 20.2. The minimum absolute atomic E-state index is 0.0148. The summed E-state index contributed by atoms with van der Waals surface area (Å²) in [6, 6.07) is -0.542.